The van der Waals surface area contributed by atoms with Gasteiger partial charge in [-0.25, -0.2) is 23.5 Å². The number of imidazole rings is 2. The van der Waals surface area contributed by atoms with Gasteiger partial charge in [-0.1, -0.05) is 24.5 Å². The second-order valence-electron chi connectivity index (χ2n) is 8.74. The van der Waals surface area contributed by atoms with Crippen molar-refractivity contribution in [1.29, 1.82) is 0 Å². The quantitative estimate of drug-likeness (QED) is 0.176. The number of hydrogen-bond acceptors (Lipinski definition) is 13. The number of aromatic nitrogens is 7. The minimum atomic E-state index is -4.28. The van der Waals surface area contributed by atoms with Crippen LogP contribution in [0.5, 0.6) is 0 Å². The highest BCUT2D eigenvalue weighted by molar-refractivity contribution is 8.44. The summed E-state index contributed by atoms with van der Waals surface area (Å²) in [4.78, 5) is 31.1. The molecule has 16 nitrogen and oxygen atoms in total. The maximum atomic E-state index is 15.8. The largest absolute Gasteiger partial charge is 0.387 e. The highest BCUT2D eigenvalue weighted by atomic mass is 32.7. The Morgan fingerprint density at radius 3 is 2.83 bits per heavy atom. The molecule has 2 bridgehead atoms. The number of aromatic amines is 1. The summed E-state index contributed by atoms with van der Waals surface area (Å²) in [5, 5.41) is 0. The van der Waals surface area contributed by atoms with Crippen LogP contribution in [0.15, 0.2) is 29.6 Å². The van der Waals surface area contributed by atoms with Crippen molar-refractivity contribution in [3.63, 3.8) is 0 Å². The lowest BCUT2D eigenvalue weighted by atomic mass is 10.1. The average molecular weight is 635 g/mol. The van der Waals surface area contributed by atoms with Gasteiger partial charge in [0.05, 0.1) is 31.3 Å². The average Bonchev–Trinajstić information content (AvgIpc) is 3.55. The number of fused-ring (bicyclic) bond motifs is 6. The molecule has 0 saturated carbocycles. The maximum absolute atomic E-state index is 15.8. The first-order valence-corrected chi connectivity index (χ1v) is 17.0. The van der Waals surface area contributed by atoms with E-state index in [0.29, 0.717) is 16.9 Å². The Morgan fingerprint density at radius 2 is 2.00 bits per heavy atom. The van der Waals surface area contributed by atoms with Crippen LogP contribution in [0.2, 0.25) is 0 Å². The van der Waals surface area contributed by atoms with E-state index in [4.69, 9.17) is 28.6 Å². The number of alkyl halides is 1. The topological polar surface area (TPSA) is 201 Å². The van der Waals surface area contributed by atoms with Gasteiger partial charge in [0.1, 0.15) is 30.2 Å². The number of anilines is 1. The lowest BCUT2D eigenvalue weighted by Gasteiger charge is -2.24. The zero-order valence-corrected chi connectivity index (χ0v) is 23.7. The predicted molar refractivity (Wildman–Crippen MR) is 144 cm³/mol. The van der Waals surface area contributed by atoms with E-state index in [2.05, 4.69) is 49.4 Å². The zero-order valence-electron chi connectivity index (χ0n) is 20.1. The van der Waals surface area contributed by atoms with Gasteiger partial charge in [0, 0.05) is 12.7 Å². The summed E-state index contributed by atoms with van der Waals surface area (Å²) in [5.74, 6) is 0.0676. The van der Waals surface area contributed by atoms with Gasteiger partial charge in [-0.3, -0.25) is 37.4 Å². The molecule has 6 heterocycles. The molecule has 0 amide bonds. The third-order valence-electron chi connectivity index (χ3n) is 6.20. The fraction of sp³-hybridized carbons (Fsp3) is 0.421. The Hall–Kier alpha value is -2.34. The SMILES string of the molecule is Nc1nc2c(ncn2C2O[C@@H]3COP(=O)(S)OCCn4c(nc5cnccc54)COP(=O)(S)O[C@@H]2[C@@H]3F)c(=O)[nH]1. The number of halogens is 1. The Kier molecular flexibility index (Phi) is 7.29. The normalized spacial score (nSPS) is 32.1. The third-order valence-corrected chi connectivity index (χ3v) is 9.47. The van der Waals surface area contributed by atoms with Gasteiger partial charge in [-0.05, 0) is 6.07 Å². The summed E-state index contributed by atoms with van der Waals surface area (Å²) in [6.45, 7) is -9.18. The molecule has 21 heteroatoms. The summed E-state index contributed by atoms with van der Waals surface area (Å²) in [7, 11) is 0. The summed E-state index contributed by atoms with van der Waals surface area (Å²) in [5.41, 5.74) is 6.03. The molecule has 4 aromatic rings. The summed E-state index contributed by atoms with van der Waals surface area (Å²) in [6.07, 6.45) is -2.20. The first-order valence-electron chi connectivity index (χ1n) is 11.6. The molecule has 0 spiro atoms. The van der Waals surface area contributed by atoms with Crippen molar-refractivity contribution in [2.24, 2.45) is 0 Å². The molecule has 3 N–H and O–H groups in total. The summed E-state index contributed by atoms with van der Waals surface area (Å²) in [6, 6.07) is 1.70. The van der Waals surface area contributed by atoms with Crippen molar-refractivity contribution in [3.8, 4) is 0 Å². The molecule has 3 unspecified atom stereocenters. The Bertz CT molecular complexity index is 1750. The smallest absolute Gasteiger partial charge is 0.369 e. The van der Waals surface area contributed by atoms with Gasteiger partial charge in [-0.2, -0.15) is 4.98 Å². The number of hydrogen-bond donors (Lipinski definition) is 4. The van der Waals surface area contributed by atoms with Gasteiger partial charge in [0.2, 0.25) is 5.95 Å². The fourth-order valence-corrected chi connectivity index (χ4v) is 7.00. The monoisotopic (exact) mass is 634 g/mol. The minimum absolute atomic E-state index is 0.0523. The molecular formula is C19H21FN8O8P2S2. The van der Waals surface area contributed by atoms with E-state index >= 15 is 4.39 Å². The molecule has 0 radical (unpaired) electrons. The molecule has 214 valence electrons. The van der Waals surface area contributed by atoms with Crippen molar-refractivity contribution in [2.75, 3.05) is 18.9 Å². The standard InChI is InChI=1S/C19H21FN8O8P2S2/c20-13-11-6-33-37(30,39)32-4-3-27-10-1-2-22-5-9(10)24-12(27)7-34-38(31,40)36-15(13)18(35-11)28-8-23-14-16(28)25-19(21)26-17(14)29/h1-2,5,8,11,13,15,18H,3-4,6-7H2,(H,30,39)(H,31,40)(H3,21,25,26,29)/t11-,13-,15-,18?,37?,38?/m1/s1. The van der Waals surface area contributed by atoms with E-state index in [1.165, 1.54) is 10.8 Å². The van der Waals surface area contributed by atoms with Crippen LogP contribution in [-0.4, -0.2) is 65.6 Å². The summed E-state index contributed by atoms with van der Waals surface area (Å²) >= 11 is 8.05. The second kappa shape index (κ2) is 10.5. The maximum Gasteiger partial charge on any atom is 0.387 e. The lowest BCUT2D eigenvalue weighted by Crippen LogP contribution is -2.31. The van der Waals surface area contributed by atoms with E-state index in [-0.39, 0.29) is 36.9 Å². The van der Waals surface area contributed by atoms with Crippen LogP contribution >= 0.6 is 38.1 Å². The van der Waals surface area contributed by atoms with Gasteiger partial charge in [0.25, 0.3) is 5.56 Å². The van der Waals surface area contributed by atoms with Crippen molar-refractivity contribution in [1.82, 2.24) is 34.1 Å². The predicted octanol–water partition coefficient (Wildman–Crippen LogP) is 2.41. The van der Waals surface area contributed by atoms with E-state index in [9.17, 15) is 13.9 Å². The van der Waals surface area contributed by atoms with Gasteiger partial charge < -0.3 is 15.0 Å². The molecule has 0 aromatic carbocycles. The van der Waals surface area contributed by atoms with Gasteiger partial charge >= 0.3 is 13.6 Å². The van der Waals surface area contributed by atoms with Crippen LogP contribution in [0.3, 0.4) is 0 Å². The number of rotatable bonds is 1. The van der Waals surface area contributed by atoms with Crippen LogP contribution in [-0.2, 0) is 45.1 Å². The van der Waals surface area contributed by atoms with Crippen LogP contribution in [0, 0.1) is 0 Å². The molecular weight excluding hydrogens is 613 g/mol. The minimum Gasteiger partial charge on any atom is -0.369 e. The number of nitrogens with zero attached hydrogens (tertiary/aromatic N) is 6. The molecule has 1 fully saturated rings. The Morgan fingerprint density at radius 1 is 1.18 bits per heavy atom. The second-order valence-corrected chi connectivity index (χ2v) is 14.5. The lowest BCUT2D eigenvalue weighted by molar-refractivity contribution is -0.0444. The van der Waals surface area contributed by atoms with E-state index in [1.807, 2.05) is 0 Å². The van der Waals surface area contributed by atoms with Crippen LogP contribution in [0.25, 0.3) is 22.2 Å². The first kappa shape index (κ1) is 27.8. The number of nitrogens with two attached hydrogens (primary N) is 1. The highest BCUT2D eigenvalue weighted by Gasteiger charge is 2.51. The first-order chi connectivity index (χ1) is 19.0. The third kappa shape index (κ3) is 5.33. The molecule has 6 rings (SSSR count). The number of H-pyrrole nitrogens is 1. The van der Waals surface area contributed by atoms with Gasteiger partial charge in [-0.15, -0.1) is 0 Å². The fourth-order valence-electron chi connectivity index (χ4n) is 4.46. The molecule has 4 aromatic heterocycles. The number of thiol groups is 2. The van der Waals surface area contributed by atoms with E-state index < -0.39 is 50.4 Å². The van der Waals surface area contributed by atoms with Crippen molar-refractivity contribution < 1.29 is 36.4 Å². The number of nitrogen functional groups attached to an aromatic ring is 1. The zero-order chi connectivity index (χ0) is 28.2. The Labute approximate surface area is 234 Å². The molecule has 1 saturated heterocycles. The van der Waals surface area contributed by atoms with E-state index in [0.717, 1.165) is 6.33 Å². The van der Waals surface area contributed by atoms with Crippen molar-refractivity contribution in [3.05, 3.63) is 41.0 Å². The van der Waals surface area contributed by atoms with Gasteiger partial charge in [0.15, 0.2) is 23.6 Å². The Balaban J connectivity index is 1.38. The van der Waals surface area contributed by atoms with Crippen LogP contribution < -0.4 is 11.3 Å². The molecule has 2 aliphatic heterocycles. The van der Waals surface area contributed by atoms with Crippen LogP contribution in [0.1, 0.15) is 12.1 Å². The molecule has 0 aliphatic carbocycles. The van der Waals surface area contributed by atoms with Crippen molar-refractivity contribution in [2.45, 2.75) is 37.8 Å². The van der Waals surface area contributed by atoms with E-state index in [1.54, 1.807) is 16.8 Å². The summed E-state index contributed by atoms with van der Waals surface area (Å²) < 4.78 is 72.5. The number of nitrogens with one attached hydrogen (secondary N) is 1. The number of pyridine rings is 1. The molecule has 2 aliphatic rings. The molecule has 6 atom stereocenters. The molecule has 40 heavy (non-hydrogen) atoms. The van der Waals surface area contributed by atoms with Crippen molar-refractivity contribution >= 4 is 66.2 Å². The van der Waals surface area contributed by atoms with Crippen LogP contribution in [0.4, 0.5) is 10.3 Å². The highest BCUT2D eigenvalue weighted by Crippen LogP contribution is 2.58. The number of ether oxygens (including phenoxy) is 1.